The first-order chi connectivity index (χ1) is 9.97. The number of rotatable bonds is 6. The van der Waals surface area contributed by atoms with Crippen LogP contribution < -0.4 is 10.0 Å². The number of nitrogens with one attached hydrogen (secondary N) is 2. The second-order valence-electron chi connectivity index (χ2n) is 4.86. The van der Waals surface area contributed by atoms with Crippen molar-refractivity contribution in [2.75, 3.05) is 11.8 Å². The first-order valence-electron chi connectivity index (χ1n) is 6.81. The Morgan fingerprint density at radius 2 is 2.05 bits per heavy atom. The zero-order valence-electron chi connectivity index (χ0n) is 12.4. The molecule has 1 heterocycles. The molecule has 114 valence electrons. The van der Waals surface area contributed by atoms with E-state index in [1.807, 2.05) is 44.5 Å². The lowest BCUT2D eigenvalue weighted by Gasteiger charge is -2.11. The lowest BCUT2D eigenvalue weighted by Crippen LogP contribution is -2.16. The summed E-state index contributed by atoms with van der Waals surface area (Å²) in [6.45, 7) is 4.41. The van der Waals surface area contributed by atoms with Gasteiger partial charge in [-0.2, -0.15) is 0 Å². The van der Waals surface area contributed by atoms with Gasteiger partial charge < -0.3 is 5.32 Å². The summed E-state index contributed by atoms with van der Waals surface area (Å²) in [5.41, 5.74) is 2.49. The van der Waals surface area contributed by atoms with Crippen molar-refractivity contribution >= 4 is 27.0 Å². The van der Waals surface area contributed by atoms with Crippen molar-refractivity contribution in [3.63, 3.8) is 0 Å². The lowest BCUT2D eigenvalue weighted by molar-refractivity contribution is 0.599. The molecular weight excluding hydrogens is 304 g/mol. The van der Waals surface area contributed by atoms with Crippen molar-refractivity contribution in [3.05, 3.63) is 45.6 Å². The van der Waals surface area contributed by atoms with Gasteiger partial charge in [-0.15, -0.1) is 11.3 Å². The van der Waals surface area contributed by atoms with Crippen LogP contribution >= 0.6 is 11.3 Å². The van der Waals surface area contributed by atoms with E-state index in [2.05, 4.69) is 10.0 Å². The molecule has 0 aliphatic heterocycles. The third kappa shape index (κ3) is 3.64. The largest absolute Gasteiger partial charge is 0.315 e. The number of benzene rings is 1. The highest BCUT2D eigenvalue weighted by Crippen LogP contribution is 2.28. The molecule has 21 heavy (non-hydrogen) atoms. The predicted octanol–water partition coefficient (Wildman–Crippen LogP) is 3.14. The Balaban J connectivity index is 2.36. The van der Waals surface area contributed by atoms with E-state index in [0.717, 1.165) is 22.4 Å². The van der Waals surface area contributed by atoms with Gasteiger partial charge in [0.15, 0.2) is 0 Å². The number of aryl methyl sites for hydroxylation is 2. The molecule has 6 heteroatoms. The van der Waals surface area contributed by atoms with Crippen LogP contribution in [-0.4, -0.2) is 15.5 Å². The van der Waals surface area contributed by atoms with Crippen molar-refractivity contribution in [1.29, 1.82) is 0 Å². The van der Waals surface area contributed by atoms with Gasteiger partial charge in [0.05, 0.1) is 0 Å². The minimum atomic E-state index is -3.56. The first-order valence-corrected chi connectivity index (χ1v) is 9.17. The smallest absolute Gasteiger partial charge is 0.263 e. The summed E-state index contributed by atoms with van der Waals surface area (Å²) in [4.78, 5) is 1.22. The maximum atomic E-state index is 12.6. The van der Waals surface area contributed by atoms with Gasteiger partial charge in [-0.25, -0.2) is 8.42 Å². The molecule has 2 aromatic rings. The van der Waals surface area contributed by atoms with Crippen LogP contribution in [-0.2, 0) is 23.0 Å². The van der Waals surface area contributed by atoms with Crippen LogP contribution in [0.15, 0.2) is 34.5 Å². The number of hydrogen-bond acceptors (Lipinski definition) is 4. The van der Waals surface area contributed by atoms with Crippen LogP contribution in [0.1, 0.15) is 22.9 Å². The van der Waals surface area contributed by atoms with Gasteiger partial charge in [-0.1, -0.05) is 19.1 Å². The molecule has 0 saturated carbocycles. The Kier molecular flexibility index (Phi) is 5.03. The zero-order chi connectivity index (χ0) is 15.5. The van der Waals surface area contributed by atoms with Gasteiger partial charge in [0.1, 0.15) is 4.90 Å². The summed E-state index contributed by atoms with van der Waals surface area (Å²) in [7, 11) is -1.75. The Labute approximate surface area is 130 Å². The van der Waals surface area contributed by atoms with Gasteiger partial charge in [0.25, 0.3) is 10.0 Å². The van der Waals surface area contributed by atoms with Crippen LogP contribution in [0.2, 0.25) is 0 Å². The summed E-state index contributed by atoms with van der Waals surface area (Å²) >= 11 is 1.46. The number of hydrogen-bond donors (Lipinski definition) is 2. The van der Waals surface area contributed by atoms with Crippen LogP contribution in [0.25, 0.3) is 0 Å². The Hall–Kier alpha value is -1.37. The molecule has 1 aromatic carbocycles. The minimum Gasteiger partial charge on any atom is -0.315 e. The molecule has 1 aromatic heterocycles. The molecule has 0 fully saturated rings. The highest BCUT2D eigenvalue weighted by molar-refractivity contribution is 7.93. The average molecular weight is 324 g/mol. The summed E-state index contributed by atoms with van der Waals surface area (Å²) in [6, 6.07) is 7.50. The van der Waals surface area contributed by atoms with Gasteiger partial charge >= 0.3 is 0 Å². The molecule has 2 rings (SSSR count). The van der Waals surface area contributed by atoms with E-state index in [1.54, 1.807) is 6.07 Å². The Morgan fingerprint density at radius 1 is 1.29 bits per heavy atom. The van der Waals surface area contributed by atoms with Crippen LogP contribution in [0.5, 0.6) is 0 Å². The van der Waals surface area contributed by atoms with Crippen LogP contribution in [0.3, 0.4) is 0 Å². The van der Waals surface area contributed by atoms with Crippen LogP contribution in [0, 0.1) is 6.92 Å². The maximum Gasteiger partial charge on any atom is 0.263 e. The molecule has 0 radical (unpaired) electrons. The highest BCUT2D eigenvalue weighted by Gasteiger charge is 2.22. The van der Waals surface area contributed by atoms with Gasteiger partial charge in [-0.3, -0.25) is 4.72 Å². The quantitative estimate of drug-likeness (QED) is 0.858. The van der Waals surface area contributed by atoms with E-state index >= 15 is 0 Å². The standard InChI is InChI=1S/C15H20N2O2S2/c1-4-12-6-5-7-13(8-12)17-21(18,19)15-11(2)10-20-14(15)9-16-3/h5-8,10,16-17H,4,9H2,1-3H3. The van der Waals surface area contributed by atoms with E-state index in [-0.39, 0.29) is 0 Å². The number of sulfonamides is 1. The molecule has 0 saturated heterocycles. The predicted molar refractivity (Wildman–Crippen MR) is 88.4 cm³/mol. The molecule has 0 spiro atoms. The third-order valence-electron chi connectivity index (χ3n) is 3.18. The Bertz CT molecular complexity index is 721. The fourth-order valence-corrected chi connectivity index (χ4v) is 5.07. The molecule has 0 aliphatic carbocycles. The van der Waals surface area contributed by atoms with Gasteiger partial charge in [0, 0.05) is 17.1 Å². The SMILES string of the molecule is CCc1cccc(NS(=O)(=O)c2c(C)csc2CNC)c1. The van der Waals surface area contributed by atoms with E-state index in [1.165, 1.54) is 11.3 Å². The second kappa shape index (κ2) is 6.60. The molecule has 0 amide bonds. The second-order valence-corrected chi connectivity index (χ2v) is 7.44. The van der Waals surface area contributed by atoms with Gasteiger partial charge in [-0.05, 0) is 49.0 Å². The summed E-state index contributed by atoms with van der Waals surface area (Å²) in [5, 5.41) is 4.89. The highest BCUT2D eigenvalue weighted by atomic mass is 32.2. The number of anilines is 1. The van der Waals surface area contributed by atoms with E-state index in [4.69, 9.17) is 0 Å². The fraction of sp³-hybridized carbons (Fsp3) is 0.333. The monoisotopic (exact) mass is 324 g/mol. The summed E-state index contributed by atoms with van der Waals surface area (Å²) in [5.74, 6) is 0. The fourth-order valence-electron chi connectivity index (χ4n) is 2.19. The van der Waals surface area contributed by atoms with E-state index in [0.29, 0.717) is 17.1 Å². The van der Waals surface area contributed by atoms with Crippen molar-refractivity contribution in [2.45, 2.75) is 31.7 Å². The molecule has 4 nitrogen and oxygen atoms in total. The average Bonchev–Trinajstić information content (AvgIpc) is 2.81. The van der Waals surface area contributed by atoms with E-state index < -0.39 is 10.0 Å². The van der Waals surface area contributed by atoms with Crippen LogP contribution in [0.4, 0.5) is 5.69 Å². The maximum absolute atomic E-state index is 12.6. The van der Waals surface area contributed by atoms with Crippen molar-refractivity contribution in [2.24, 2.45) is 0 Å². The minimum absolute atomic E-state index is 0.392. The third-order valence-corrected chi connectivity index (χ3v) is 6.03. The lowest BCUT2D eigenvalue weighted by atomic mass is 10.1. The van der Waals surface area contributed by atoms with Crippen molar-refractivity contribution in [3.8, 4) is 0 Å². The van der Waals surface area contributed by atoms with Crippen molar-refractivity contribution in [1.82, 2.24) is 5.32 Å². The first kappa shape index (κ1) is 16.0. The van der Waals surface area contributed by atoms with E-state index in [9.17, 15) is 8.42 Å². The topological polar surface area (TPSA) is 58.2 Å². The molecule has 0 bridgehead atoms. The summed E-state index contributed by atoms with van der Waals surface area (Å²) < 4.78 is 28.0. The summed E-state index contributed by atoms with van der Waals surface area (Å²) in [6.07, 6.45) is 0.873. The normalized spacial score (nSPS) is 11.6. The molecule has 0 aliphatic rings. The number of thiophene rings is 1. The molecular formula is C15H20N2O2S2. The zero-order valence-corrected chi connectivity index (χ0v) is 14.1. The van der Waals surface area contributed by atoms with Gasteiger partial charge in [0.2, 0.25) is 0 Å². The Morgan fingerprint density at radius 3 is 2.71 bits per heavy atom. The molecule has 0 atom stereocenters. The van der Waals surface area contributed by atoms with Crippen molar-refractivity contribution < 1.29 is 8.42 Å². The molecule has 0 unspecified atom stereocenters. The molecule has 2 N–H and O–H groups in total.